The third-order valence-electron chi connectivity index (χ3n) is 3.63. The summed E-state index contributed by atoms with van der Waals surface area (Å²) in [5.74, 6) is -1.17. The molecule has 0 amide bonds. The molecule has 0 fully saturated rings. The van der Waals surface area contributed by atoms with Crippen LogP contribution in [0.2, 0.25) is 0 Å². The van der Waals surface area contributed by atoms with Gasteiger partial charge in [-0.25, -0.2) is 9.97 Å². The molecule has 0 radical (unpaired) electrons. The summed E-state index contributed by atoms with van der Waals surface area (Å²) in [6.45, 7) is 3.66. The molecule has 0 aliphatic carbocycles. The second-order valence-electron chi connectivity index (χ2n) is 5.64. The number of hydrogen-bond acceptors (Lipinski definition) is 6. The van der Waals surface area contributed by atoms with E-state index in [4.69, 9.17) is 0 Å². The topological polar surface area (TPSA) is 68.9 Å². The van der Waals surface area contributed by atoms with E-state index >= 15 is 0 Å². The number of alkyl halides is 3. The van der Waals surface area contributed by atoms with Gasteiger partial charge in [0, 0.05) is 22.2 Å². The molecule has 0 unspecified atom stereocenters. The van der Waals surface area contributed by atoms with E-state index in [1.165, 1.54) is 0 Å². The molecule has 1 aromatic carbocycles. The summed E-state index contributed by atoms with van der Waals surface area (Å²) in [7, 11) is 0. The highest BCUT2D eigenvalue weighted by Gasteiger charge is 2.38. The number of aryl methyl sites for hydroxylation is 2. The third kappa shape index (κ3) is 2.85. The van der Waals surface area contributed by atoms with Gasteiger partial charge in [0.25, 0.3) is 5.82 Å². The number of benzene rings is 1. The van der Waals surface area contributed by atoms with Crippen LogP contribution in [0.5, 0.6) is 0 Å². The fourth-order valence-electron chi connectivity index (χ4n) is 2.63. The van der Waals surface area contributed by atoms with E-state index in [0.717, 1.165) is 27.7 Å². The highest BCUT2D eigenvalue weighted by atomic mass is 32.2. The van der Waals surface area contributed by atoms with Crippen LogP contribution in [0.4, 0.5) is 13.2 Å². The zero-order valence-corrected chi connectivity index (χ0v) is 14.4. The van der Waals surface area contributed by atoms with Crippen molar-refractivity contribution in [1.82, 2.24) is 29.8 Å². The Hall–Kier alpha value is -2.75. The van der Waals surface area contributed by atoms with Gasteiger partial charge < -0.3 is 0 Å². The van der Waals surface area contributed by atoms with E-state index in [1.807, 2.05) is 19.9 Å². The van der Waals surface area contributed by atoms with E-state index in [-0.39, 0.29) is 5.65 Å². The Morgan fingerprint density at radius 2 is 1.62 bits per heavy atom. The Morgan fingerprint density at radius 1 is 0.962 bits per heavy atom. The minimum atomic E-state index is -4.66. The molecule has 0 bridgehead atoms. The van der Waals surface area contributed by atoms with Crippen molar-refractivity contribution < 1.29 is 13.2 Å². The summed E-state index contributed by atoms with van der Waals surface area (Å²) in [5.41, 5.74) is 1.59. The van der Waals surface area contributed by atoms with Gasteiger partial charge in [0.1, 0.15) is 5.03 Å². The zero-order chi connectivity index (χ0) is 18.5. The molecule has 132 valence electrons. The number of rotatable bonds is 2. The van der Waals surface area contributed by atoms with E-state index < -0.39 is 12.0 Å². The third-order valence-corrected chi connectivity index (χ3v) is 4.49. The van der Waals surface area contributed by atoms with Gasteiger partial charge in [-0.15, -0.1) is 10.2 Å². The lowest BCUT2D eigenvalue weighted by molar-refractivity contribution is -0.146. The number of nitrogens with zero attached hydrogens (tertiary/aromatic N) is 6. The minimum absolute atomic E-state index is 0.0543. The fraction of sp³-hybridized carbons (Fsp3) is 0.188. The maximum absolute atomic E-state index is 13.2. The highest BCUT2D eigenvalue weighted by molar-refractivity contribution is 7.99. The zero-order valence-electron chi connectivity index (χ0n) is 13.6. The SMILES string of the molecule is Cc1cc(C)nc(Sc2nn3c(C(F)(F)F)nnc3c3ccccc23)n1. The first-order valence-electron chi connectivity index (χ1n) is 7.54. The van der Waals surface area contributed by atoms with Crippen LogP contribution in [0.15, 0.2) is 40.5 Å². The molecule has 10 heteroatoms. The lowest BCUT2D eigenvalue weighted by atomic mass is 10.2. The van der Waals surface area contributed by atoms with Crippen molar-refractivity contribution in [3.63, 3.8) is 0 Å². The highest BCUT2D eigenvalue weighted by Crippen LogP contribution is 2.34. The Morgan fingerprint density at radius 3 is 2.27 bits per heavy atom. The summed E-state index contributed by atoms with van der Waals surface area (Å²) in [6.07, 6.45) is -4.66. The summed E-state index contributed by atoms with van der Waals surface area (Å²) < 4.78 is 40.4. The van der Waals surface area contributed by atoms with Gasteiger partial charge in [0.15, 0.2) is 10.8 Å². The lowest BCUT2D eigenvalue weighted by Crippen LogP contribution is -2.13. The standard InChI is InChI=1S/C16H11F3N6S/c1-8-7-9(2)21-15(20-8)26-13-11-6-4-3-5-10(11)12-22-23-14(16(17,18)19)25(12)24-13/h3-7H,1-2H3. The molecule has 0 spiro atoms. The van der Waals surface area contributed by atoms with E-state index in [1.54, 1.807) is 24.3 Å². The fourth-order valence-corrected chi connectivity index (χ4v) is 3.59. The van der Waals surface area contributed by atoms with Gasteiger partial charge in [0.05, 0.1) is 0 Å². The molecule has 0 aliphatic heterocycles. The van der Waals surface area contributed by atoms with Crippen molar-refractivity contribution >= 4 is 28.2 Å². The maximum Gasteiger partial charge on any atom is 0.453 e. The van der Waals surface area contributed by atoms with Gasteiger partial charge in [-0.3, -0.25) is 0 Å². The monoisotopic (exact) mass is 376 g/mol. The van der Waals surface area contributed by atoms with Crippen LogP contribution < -0.4 is 0 Å². The van der Waals surface area contributed by atoms with Crippen molar-refractivity contribution in [1.29, 1.82) is 0 Å². The molecule has 0 aliphatic rings. The first-order valence-corrected chi connectivity index (χ1v) is 8.36. The second kappa shape index (κ2) is 5.90. The number of fused-ring (bicyclic) bond motifs is 3. The molecule has 0 saturated heterocycles. The molecule has 3 heterocycles. The van der Waals surface area contributed by atoms with Crippen molar-refractivity contribution in [3.8, 4) is 0 Å². The molecular formula is C16H11F3N6S. The Balaban J connectivity index is 1.97. The average Bonchev–Trinajstić information content (AvgIpc) is 2.98. The predicted molar refractivity (Wildman–Crippen MR) is 88.9 cm³/mol. The van der Waals surface area contributed by atoms with Crippen LogP contribution in [0, 0.1) is 13.8 Å². The van der Waals surface area contributed by atoms with Crippen molar-refractivity contribution in [2.45, 2.75) is 30.2 Å². The first kappa shape index (κ1) is 16.7. The minimum Gasteiger partial charge on any atom is -0.228 e. The van der Waals surface area contributed by atoms with Crippen molar-refractivity contribution in [3.05, 3.63) is 47.5 Å². The van der Waals surface area contributed by atoms with Gasteiger partial charge in [-0.1, -0.05) is 24.3 Å². The van der Waals surface area contributed by atoms with Gasteiger partial charge >= 0.3 is 6.18 Å². The summed E-state index contributed by atoms with van der Waals surface area (Å²) in [4.78, 5) is 8.65. The van der Waals surface area contributed by atoms with Gasteiger partial charge in [-0.2, -0.15) is 22.8 Å². The smallest absolute Gasteiger partial charge is 0.228 e. The number of hydrogen-bond donors (Lipinski definition) is 0. The molecule has 0 saturated carbocycles. The van der Waals surface area contributed by atoms with Crippen LogP contribution in [0.3, 0.4) is 0 Å². The molecule has 26 heavy (non-hydrogen) atoms. The van der Waals surface area contributed by atoms with Crippen LogP contribution in [0.25, 0.3) is 16.4 Å². The maximum atomic E-state index is 13.2. The van der Waals surface area contributed by atoms with Crippen LogP contribution in [0.1, 0.15) is 17.2 Å². The van der Waals surface area contributed by atoms with E-state index in [9.17, 15) is 13.2 Å². The summed E-state index contributed by atoms with van der Waals surface area (Å²) >= 11 is 1.11. The Bertz CT molecular complexity index is 1120. The summed E-state index contributed by atoms with van der Waals surface area (Å²) in [6, 6.07) is 8.79. The normalized spacial score (nSPS) is 12.2. The number of halogens is 3. The Labute approximate surface area is 149 Å². The largest absolute Gasteiger partial charge is 0.453 e. The Kier molecular flexibility index (Phi) is 3.79. The molecule has 6 nitrogen and oxygen atoms in total. The van der Waals surface area contributed by atoms with Crippen molar-refractivity contribution in [2.24, 2.45) is 0 Å². The van der Waals surface area contributed by atoms with E-state index in [2.05, 4.69) is 25.3 Å². The summed E-state index contributed by atoms with van der Waals surface area (Å²) in [5, 5.41) is 13.1. The molecule has 4 rings (SSSR count). The lowest BCUT2D eigenvalue weighted by Gasteiger charge is -2.09. The molecular weight excluding hydrogens is 365 g/mol. The first-order chi connectivity index (χ1) is 12.3. The van der Waals surface area contributed by atoms with Crippen LogP contribution in [-0.2, 0) is 6.18 Å². The van der Waals surface area contributed by atoms with Gasteiger partial charge in [0.2, 0.25) is 0 Å². The second-order valence-corrected chi connectivity index (χ2v) is 6.60. The van der Waals surface area contributed by atoms with Crippen LogP contribution >= 0.6 is 11.8 Å². The average molecular weight is 376 g/mol. The van der Waals surface area contributed by atoms with Gasteiger partial charge in [-0.05, 0) is 31.7 Å². The number of aromatic nitrogens is 6. The molecule has 0 N–H and O–H groups in total. The van der Waals surface area contributed by atoms with Crippen molar-refractivity contribution in [2.75, 3.05) is 0 Å². The quantitative estimate of drug-likeness (QED) is 0.495. The van der Waals surface area contributed by atoms with Crippen LogP contribution in [-0.4, -0.2) is 29.8 Å². The molecule has 0 atom stereocenters. The molecule has 4 aromatic rings. The predicted octanol–water partition coefficient (Wildman–Crippen LogP) is 3.85. The molecule has 3 aromatic heterocycles. The van der Waals surface area contributed by atoms with E-state index in [0.29, 0.717) is 21.0 Å².